The van der Waals surface area contributed by atoms with E-state index in [1.54, 1.807) is 6.26 Å². The average molecular weight is 281 g/mol. The third-order valence-electron chi connectivity index (χ3n) is 3.41. The number of nitrogens with one attached hydrogen (secondary N) is 2. The molecule has 1 amide bonds. The summed E-state index contributed by atoms with van der Waals surface area (Å²) in [6, 6.07) is 3.82. The molecule has 0 aliphatic carbocycles. The number of hydrogen-bond acceptors (Lipinski definition) is 5. The summed E-state index contributed by atoms with van der Waals surface area (Å²) in [7, 11) is 3.93. The topological polar surface area (TPSA) is 66.7 Å². The van der Waals surface area contributed by atoms with E-state index in [1.807, 2.05) is 31.1 Å². The van der Waals surface area contributed by atoms with Crippen LogP contribution < -0.4 is 10.6 Å². The van der Waals surface area contributed by atoms with E-state index < -0.39 is 0 Å². The first-order chi connectivity index (χ1) is 9.66. The van der Waals surface area contributed by atoms with Crippen molar-refractivity contribution in [3.63, 3.8) is 0 Å². The zero-order chi connectivity index (χ0) is 14.4. The van der Waals surface area contributed by atoms with E-state index in [9.17, 15) is 4.79 Å². The fourth-order valence-corrected chi connectivity index (χ4v) is 2.26. The van der Waals surface area contributed by atoms with Gasteiger partial charge in [0, 0.05) is 19.6 Å². The molecule has 2 unspecified atom stereocenters. The normalized spacial score (nSPS) is 20.9. The number of carbonyl (C=O) groups is 1. The summed E-state index contributed by atoms with van der Waals surface area (Å²) in [6.07, 6.45) is 2.02. The first-order valence-corrected chi connectivity index (χ1v) is 6.95. The average Bonchev–Trinajstić information content (AvgIpc) is 2.93. The predicted octanol–water partition coefficient (Wildman–Crippen LogP) is 0.377. The second kappa shape index (κ2) is 7.42. The molecule has 1 aliphatic rings. The molecule has 20 heavy (non-hydrogen) atoms. The molecule has 6 nitrogen and oxygen atoms in total. The van der Waals surface area contributed by atoms with Gasteiger partial charge in [0.25, 0.3) is 0 Å². The summed E-state index contributed by atoms with van der Waals surface area (Å²) in [4.78, 5) is 14.0. The Morgan fingerprint density at radius 3 is 3.05 bits per heavy atom. The molecule has 1 saturated heterocycles. The monoisotopic (exact) mass is 281 g/mol. The van der Waals surface area contributed by atoms with Crippen LogP contribution in [0.25, 0.3) is 0 Å². The highest BCUT2D eigenvalue weighted by Crippen LogP contribution is 2.17. The van der Waals surface area contributed by atoms with Crippen molar-refractivity contribution >= 4 is 5.91 Å². The van der Waals surface area contributed by atoms with Crippen LogP contribution in [0, 0.1) is 0 Å². The van der Waals surface area contributed by atoms with Gasteiger partial charge in [-0.2, -0.15) is 0 Å². The zero-order valence-corrected chi connectivity index (χ0v) is 12.1. The second-order valence-electron chi connectivity index (χ2n) is 5.20. The fraction of sp³-hybridized carbons (Fsp3) is 0.643. The van der Waals surface area contributed by atoms with Gasteiger partial charge in [0.15, 0.2) is 0 Å². The van der Waals surface area contributed by atoms with E-state index in [4.69, 9.17) is 9.15 Å². The largest absolute Gasteiger partial charge is 0.468 e. The molecule has 1 aromatic heterocycles. The van der Waals surface area contributed by atoms with Crippen molar-refractivity contribution < 1.29 is 13.9 Å². The molecule has 0 spiro atoms. The van der Waals surface area contributed by atoms with Crippen molar-refractivity contribution in [2.24, 2.45) is 0 Å². The van der Waals surface area contributed by atoms with Gasteiger partial charge in [-0.1, -0.05) is 0 Å². The van der Waals surface area contributed by atoms with Gasteiger partial charge in [-0.15, -0.1) is 0 Å². The maximum atomic E-state index is 11.9. The van der Waals surface area contributed by atoms with Crippen LogP contribution in [0.5, 0.6) is 0 Å². The Morgan fingerprint density at radius 1 is 1.60 bits per heavy atom. The number of morpholine rings is 1. The first kappa shape index (κ1) is 15.0. The molecule has 0 saturated carbocycles. The SMILES string of the molecule is CN(C)C(CNC(=O)CC1CNCCO1)c1ccco1. The van der Waals surface area contributed by atoms with Gasteiger partial charge in [-0.3, -0.25) is 9.69 Å². The Labute approximate surface area is 119 Å². The van der Waals surface area contributed by atoms with Crippen LogP contribution >= 0.6 is 0 Å². The minimum Gasteiger partial charge on any atom is -0.468 e. The van der Waals surface area contributed by atoms with Gasteiger partial charge in [0.1, 0.15) is 5.76 Å². The van der Waals surface area contributed by atoms with Crippen molar-refractivity contribution in [1.29, 1.82) is 0 Å². The number of likely N-dealkylation sites (N-methyl/N-ethyl adjacent to an activating group) is 1. The molecule has 6 heteroatoms. The van der Waals surface area contributed by atoms with Crippen LogP contribution in [0.2, 0.25) is 0 Å². The number of furan rings is 1. The molecule has 0 aromatic carbocycles. The molecule has 2 rings (SSSR count). The summed E-state index contributed by atoms with van der Waals surface area (Å²) < 4.78 is 10.9. The van der Waals surface area contributed by atoms with Gasteiger partial charge in [0.05, 0.1) is 31.4 Å². The van der Waals surface area contributed by atoms with Crippen molar-refractivity contribution in [2.75, 3.05) is 40.3 Å². The van der Waals surface area contributed by atoms with Gasteiger partial charge in [0.2, 0.25) is 5.91 Å². The van der Waals surface area contributed by atoms with Crippen LogP contribution in [0.1, 0.15) is 18.2 Å². The molecule has 2 atom stereocenters. The van der Waals surface area contributed by atoms with E-state index in [2.05, 4.69) is 10.6 Å². The molecular weight excluding hydrogens is 258 g/mol. The number of hydrogen-bond donors (Lipinski definition) is 2. The van der Waals surface area contributed by atoms with Gasteiger partial charge >= 0.3 is 0 Å². The standard InChI is InChI=1S/C14H23N3O3/c1-17(2)12(13-4-3-6-20-13)10-16-14(18)8-11-9-15-5-7-19-11/h3-4,6,11-12,15H,5,7-10H2,1-2H3,(H,16,18). The quantitative estimate of drug-likeness (QED) is 0.789. The Hall–Kier alpha value is -1.37. The maximum absolute atomic E-state index is 11.9. The third-order valence-corrected chi connectivity index (χ3v) is 3.41. The maximum Gasteiger partial charge on any atom is 0.222 e. The summed E-state index contributed by atoms with van der Waals surface area (Å²) >= 11 is 0. The summed E-state index contributed by atoms with van der Waals surface area (Å²) in [5, 5.41) is 6.17. The molecular formula is C14H23N3O3. The van der Waals surface area contributed by atoms with Crippen LogP contribution in [0.15, 0.2) is 22.8 Å². The lowest BCUT2D eigenvalue weighted by Gasteiger charge is -2.25. The highest BCUT2D eigenvalue weighted by Gasteiger charge is 2.20. The van der Waals surface area contributed by atoms with Crippen LogP contribution in [0.4, 0.5) is 0 Å². The predicted molar refractivity (Wildman–Crippen MR) is 75.4 cm³/mol. The van der Waals surface area contributed by atoms with Gasteiger partial charge in [-0.25, -0.2) is 0 Å². The highest BCUT2D eigenvalue weighted by molar-refractivity contribution is 5.76. The Balaban J connectivity index is 1.78. The van der Waals surface area contributed by atoms with E-state index in [-0.39, 0.29) is 18.1 Å². The Kier molecular flexibility index (Phi) is 5.58. The minimum atomic E-state index is -0.0230. The molecule has 112 valence electrons. The molecule has 1 aliphatic heterocycles. The Bertz CT molecular complexity index is 400. The lowest BCUT2D eigenvalue weighted by Crippen LogP contribution is -2.42. The van der Waals surface area contributed by atoms with Crippen molar-refractivity contribution in [3.05, 3.63) is 24.2 Å². The molecule has 2 N–H and O–H groups in total. The lowest BCUT2D eigenvalue weighted by molar-refractivity contribution is -0.124. The van der Waals surface area contributed by atoms with Crippen molar-refractivity contribution in [1.82, 2.24) is 15.5 Å². The number of rotatable bonds is 6. The first-order valence-electron chi connectivity index (χ1n) is 6.95. The molecule has 2 heterocycles. The van der Waals surface area contributed by atoms with Gasteiger partial charge < -0.3 is 19.8 Å². The van der Waals surface area contributed by atoms with Crippen molar-refractivity contribution in [2.45, 2.75) is 18.6 Å². The Morgan fingerprint density at radius 2 is 2.45 bits per heavy atom. The van der Waals surface area contributed by atoms with E-state index in [0.717, 1.165) is 18.8 Å². The fourth-order valence-electron chi connectivity index (χ4n) is 2.26. The second-order valence-corrected chi connectivity index (χ2v) is 5.20. The molecule has 1 aromatic rings. The minimum absolute atomic E-state index is 0.0112. The summed E-state index contributed by atoms with van der Waals surface area (Å²) in [6.45, 7) is 2.80. The smallest absolute Gasteiger partial charge is 0.222 e. The van der Waals surface area contributed by atoms with Crippen LogP contribution in [-0.2, 0) is 9.53 Å². The van der Waals surface area contributed by atoms with Crippen molar-refractivity contribution in [3.8, 4) is 0 Å². The third kappa shape index (κ3) is 4.33. The molecule has 1 fully saturated rings. The van der Waals surface area contributed by atoms with E-state index in [0.29, 0.717) is 19.6 Å². The van der Waals surface area contributed by atoms with Gasteiger partial charge in [-0.05, 0) is 26.2 Å². The number of carbonyl (C=O) groups excluding carboxylic acids is 1. The zero-order valence-electron chi connectivity index (χ0n) is 12.1. The summed E-state index contributed by atoms with van der Waals surface area (Å²) in [5.74, 6) is 0.864. The van der Waals surface area contributed by atoms with E-state index in [1.165, 1.54) is 0 Å². The molecule has 0 bridgehead atoms. The lowest BCUT2D eigenvalue weighted by atomic mass is 10.2. The van der Waals surface area contributed by atoms with Crippen LogP contribution in [0.3, 0.4) is 0 Å². The van der Waals surface area contributed by atoms with Crippen LogP contribution in [-0.4, -0.2) is 57.2 Å². The number of amides is 1. The molecule has 0 radical (unpaired) electrons. The van der Waals surface area contributed by atoms with E-state index >= 15 is 0 Å². The number of ether oxygens (including phenoxy) is 1. The number of nitrogens with zero attached hydrogens (tertiary/aromatic N) is 1. The summed E-state index contributed by atoms with van der Waals surface area (Å²) in [5.41, 5.74) is 0. The highest BCUT2D eigenvalue weighted by atomic mass is 16.5.